The third kappa shape index (κ3) is 3.52. The summed E-state index contributed by atoms with van der Waals surface area (Å²) in [5.74, 6) is 0.811. The summed E-state index contributed by atoms with van der Waals surface area (Å²) >= 11 is 0. The lowest BCUT2D eigenvalue weighted by molar-refractivity contribution is -0.383. The lowest BCUT2D eigenvalue weighted by atomic mass is 10.2. The van der Waals surface area contributed by atoms with Gasteiger partial charge in [0.1, 0.15) is 6.33 Å². The number of aromatic nitrogens is 2. The minimum atomic E-state index is -0.348. The molecule has 2 aliphatic rings. The molecule has 8 heteroatoms. The van der Waals surface area contributed by atoms with Crippen molar-refractivity contribution in [1.29, 1.82) is 0 Å². The monoisotopic (exact) mass is 320 g/mol. The average molecular weight is 320 g/mol. The van der Waals surface area contributed by atoms with Crippen LogP contribution in [-0.2, 0) is 0 Å². The Morgan fingerprint density at radius 2 is 1.96 bits per heavy atom. The van der Waals surface area contributed by atoms with Crippen LogP contribution in [0.4, 0.5) is 17.3 Å². The van der Waals surface area contributed by atoms with Crippen molar-refractivity contribution in [3.05, 3.63) is 16.4 Å². The Bertz CT molecular complexity index is 553. The molecule has 0 atom stereocenters. The minimum Gasteiger partial charge on any atom is -0.361 e. The molecule has 0 spiro atoms. The summed E-state index contributed by atoms with van der Waals surface area (Å²) in [5, 5.41) is 14.9. The van der Waals surface area contributed by atoms with E-state index in [1.165, 1.54) is 19.2 Å². The van der Waals surface area contributed by atoms with Crippen LogP contribution >= 0.6 is 0 Å². The van der Waals surface area contributed by atoms with Gasteiger partial charge in [-0.05, 0) is 19.4 Å². The summed E-state index contributed by atoms with van der Waals surface area (Å²) in [4.78, 5) is 24.0. The van der Waals surface area contributed by atoms with Gasteiger partial charge in [0.2, 0.25) is 11.6 Å². The van der Waals surface area contributed by atoms with Crippen molar-refractivity contribution in [3.8, 4) is 0 Å². The summed E-state index contributed by atoms with van der Waals surface area (Å²) in [5.41, 5.74) is 0.0179. The first kappa shape index (κ1) is 15.9. The molecule has 1 saturated carbocycles. The van der Waals surface area contributed by atoms with E-state index in [2.05, 4.69) is 27.1 Å². The molecule has 0 amide bonds. The van der Waals surface area contributed by atoms with Gasteiger partial charge in [0.05, 0.1) is 4.92 Å². The lowest BCUT2D eigenvalue weighted by Crippen LogP contribution is -2.46. The number of piperazine rings is 1. The fourth-order valence-corrected chi connectivity index (χ4v) is 3.41. The maximum Gasteiger partial charge on any atom is 0.353 e. The normalized spacial score (nSPS) is 20.0. The molecule has 1 N–H and O–H groups in total. The van der Waals surface area contributed by atoms with Gasteiger partial charge in [0.25, 0.3) is 0 Å². The first-order valence-corrected chi connectivity index (χ1v) is 8.42. The van der Waals surface area contributed by atoms with E-state index < -0.39 is 0 Å². The van der Waals surface area contributed by atoms with Crippen molar-refractivity contribution in [2.75, 3.05) is 42.9 Å². The molecule has 8 nitrogen and oxygen atoms in total. The third-order valence-electron chi connectivity index (χ3n) is 4.80. The molecule has 1 aromatic heterocycles. The van der Waals surface area contributed by atoms with E-state index in [1.807, 2.05) is 4.90 Å². The second-order valence-electron chi connectivity index (χ2n) is 6.20. The van der Waals surface area contributed by atoms with Crippen LogP contribution in [-0.4, -0.2) is 58.6 Å². The van der Waals surface area contributed by atoms with Gasteiger partial charge in [0.15, 0.2) is 0 Å². The van der Waals surface area contributed by atoms with E-state index >= 15 is 0 Å². The number of anilines is 2. The summed E-state index contributed by atoms with van der Waals surface area (Å²) in [6.07, 6.45) is 5.87. The number of rotatable bonds is 5. The smallest absolute Gasteiger partial charge is 0.353 e. The maximum atomic E-state index is 11.6. The van der Waals surface area contributed by atoms with E-state index in [9.17, 15) is 10.1 Å². The SMILES string of the molecule is CCN1CCN(c2ncnc(NC3CCCC3)c2[N+](=O)[O-])CC1. The molecular formula is C15H24N6O2. The summed E-state index contributed by atoms with van der Waals surface area (Å²) in [6, 6.07) is 0.286. The molecular weight excluding hydrogens is 296 g/mol. The van der Waals surface area contributed by atoms with Gasteiger partial charge >= 0.3 is 5.69 Å². The molecule has 1 saturated heterocycles. The Balaban J connectivity index is 1.83. The number of likely N-dealkylation sites (N-methyl/N-ethyl adjacent to an activating group) is 1. The van der Waals surface area contributed by atoms with Crippen molar-refractivity contribution < 1.29 is 4.92 Å². The lowest BCUT2D eigenvalue weighted by Gasteiger charge is -2.34. The van der Waals surface area contributed by atoms with E-state index in [0.717, 1.165) is 45.6 Å². The van der Waals surface area contributed by atoms with Gasteiger partial charge < -0.3 is 15.1 Å². The van der Waals surface area contributed by atoms with Crippen molar-refractivity contribution in [1.82, 2.24) is 14.9 Å². The number of hydrogen-bond acceptors (Lipinski definition) is 7. The molecule has 0 aromatic carbocycles. The van der Waals surface area contributed by atoms with Crippen LogP contribution < -0.4 is 10.2 Å². The largest absolute Gasteiger partial charge is 0.361 e. The standard InChI is InChI=1S/C15H24N6O2/c1-2-19-7-9-20(10-8-19)15-13(21(22)23)14(16-11-17-15)18-12-5-3-4-6-12/h11-12H,2-10H2,1H3,(H,16,17,18). The van der Waals surface area contributed by atoms with Crippen molar-refractivity contribution in [2.24, 2.45) is 0 Å². The van der Waals surface area contributed by atoms with Crippen molar-refractivity contribution in [2.45, 2.75) is 38.6 Å². The minimum absolute atomic E-state index is 0.0179. The molecule has 126 valence electrons. The van der Waals surface area contributed by atoms with Crippen molar-refractivity contribution in [3.63, 3.8) is 0 Å². The van der Waals surface area contributed by atoms with E-state index in [0.29, 0.717) is 11.6 Å². The number of nitrogens with one attached hydrogen (secondary N) is 1. The number of nitrogens with zero attached hydrogens (tertiary/aromatic N) is 5. The second kappa shape index (κ2) is 7.08. The first-order chi connectivity index (χ1) is 11.2. The van der Waals surface area contributed by atoms with E-state index in [-0.39, 0.29) is 16.7 Å². The number of hydrogen-bond donors (Lipinski definition) is 1. The highest BCUT2D eigenvalue weighted by molar-refractivity contribution is 5.70. The first-order valence-electron chi connectivity index (χ1n) is 8.42. The van der Waals surface area contributed by atoms with Gasteiger partial charge in [-0.15, -0.1) is 0 Å². The third-order valence-corrected chi connectivity index (χ3v) is 4.80. The second-order valence-corrected chi connectivity index (χ2v) is 6.20. The average Bonchev–Trinajstić information content (AvgIpc) is 3.07. The molecule has 2 heterocycles. The molecule has 0 unspecified atom stereocenters. The molecule has 1 aliphatic carbocycles. The van der Waals surface area contributed by atoms with Gasteiger partial charge in [0, 0.05) is 32.2 Å². The molecule has 0 bridgehead atoms. The quantitative estimate of drug-likeness (QED) is 0.654. The van der Waals surface area contributed by atoms with Crippen molar-refractivity contribution >= 4 is 17.3 Å². The van der Waals surface area contributed by atoms with E-state index in [1.54, 1.807) is 0 Å². The van der Waals surface area contributed by atoms with Crippen LogP contribution in [0.5, 0.6) is 0 Å². The predicted octanol–water partition coefficient (Wildman–Crippen LogP) is 1.88. The topological polar surface area (TPSA) is 87.4 Å². The van der Waals surface area contributed by atoms with Crippen LogP contribution in [0.3, 0.4) is 0 Å². The number of nitro groups is 1. The highest BCUT2D eigenvalue weighted by Gasteiger charge is 2.30. The molecule has 1 aromatic rings. The Kier molecular flexibility index (Phi) is 4.90. The maximum absolute atomic E-state index is 11.6. The van der Waals surface area contributed by atoms with E-state index in [4.69, 9.17) is 0 Å². The Hall–Kier alpha value is -1.96. The predicted molar refractivity (Wildman–Crippen MR) is 88.9 cm³/mol. The van der Waals surface area contributed by atoms with Crippen LogP contribution in [0.15, 0.2) is 6.33 Å². The van der Waals surface area contributed by atoms with Crippen LogP contribution in [0.2, 0.25) is 0 Å². The zero-order valence-corrected chi connectivity index (χ0v) is 13.6. The summed E-state index contributed by atoms with van der Waals surface area (Å²) in [6.45, 7) is 6.47. The van der Waals surface area contributed by atoms with Crippen LogP contribution in [0, 0.1) is 10.1 Å². The van der Waals surface area contributed by atoms with Crippen LogP contribution in [0.1, 0.15) is 32.6 Å². The van der Waals surface area contributed by atoms with Gasteiger partial charge in [-0.1, -0.05) is 19.8 Å². The van der Waals surface area contributed by atoms with Crippen LogP contribution in [0.25, 0.3) is 0 Å². The Morgan fingerprint density at radius 3 is 2.57 bits per heavy atom. The molecule has 3 rings (SSSR count). The van der Waals surface area contributed by atoms with Gasteiger partial charge in [-0.25, -0.2) is 9.97 Å². The highest BCUT2D eigenvalue weighted by atomic mass is 16.6. The van der Waals surface area contributed by atoms with Gasteiger partial charge in [-0.3, -0.25) is 10.1 Å². The van der Waals surface area contributed by atoms with Gasteiger partial charge in [-0.2, -0.15) is 0 Å². The summed E-state index contributed by atoms with van der Waals surface area (Å²) < 4.78 is 0. The molecule has 1 aliphatic heterocycles. The molecule has 2 fully saturated rings. The molecule has 0 radical (unpaired) electrons. The zero-order valence-electron chi connectivity index (χ0n) is 13.6. The zero-order chi connectivity index (χ0) is 16.2. The molecule has 23 heavy (non-hydrogen) atoms. The summed E-state index contributed by atoms with van der Waals surface area (Å²) in [7, 11) is 0. The fraction of sp³-hybridized carbons (Fsp3) is 0.733. The highest BCUT2D eigenvalue weighted by Crippen LogP contribution is 2.34. The fourth-order valence-electron chi connectivity index (χ4n) is 3.41. The Morgan fingerprint density at radius 1 is 1.26 bits per heavy atom. The Labute approximate surface area is 136 Å².